The molecule has 1 fully saturated rings. The smallest absolute Gasteiger partial charge is 0.231 e. The van der Waals surface area contributed by atoms with Crippen molar-refractivity contribution in [3.63, 3.8) is 0 Å². The quantitative estimate of drug-likeness (QED) is 0.868. The van der Waals surface area contributed by atoms with Gasteiger partial charge in [-0.05, 0) is 43.5 Å². The minimum absolute atomic E-state index is 0.0473. The van der Waals surface area contributed by atoms with Gasteiger partial charge < -0.3 is 9.42 Å². The Kier molecular flexibility index (Phi) is 4.36. The van der Waals surface area contributed by atoms with Gasteiger partial charge in [0.15, 0.2) is 5.82 Å². The van der Waals surface area contributed by atoms with Gasteiger partial charge in [-0.25, -0.2) is 8.78 Å². The molecule has 1 aliphatic heterocycles. The molecule has 0 aliphatic carbocycles. The number of aromatic nitrogens is 2. The zero-order valence-electron chi connectivity index (χ0n) is 12.8. The normalized spacial score (nSPS) is 17.7. The van der Waals surface area contributed by atoms with Crippen LogP contribution in [0.15, 0.2) is 22.7 Å². The molecule has 23 heavy (non-hydrogen) atoms. The molecule has 7 heteroatoms. The fourth-order valence-electron chi connectivity index (χ4n) is 2.80. The number of carbonyl (C=O) groups excluding carboxylic acids is 1. The molecule has 1 saturated heterocycles. The van der Waals surface area contributed by atoms with E-state index in [1.54, 1.807) is 11.8 Å². The molecular formula is C16H17F2N3O2. The molecule has 2 aromatic rings. The molecule has 1 atom stereocenters. The average molecular weight is 321 g/mol. The molecule has 0 radical (unpaired) electrons. The van der Waals surface area contributed by atoms with Crippen molar-refractivity contribution in [2.24, 2.45) is 0 Å². The Hall–Kier alpha value is -2.31. The molecule has 1 aromatic carbocycles. The number of benzene rings is 1. The summed E-state index contributed by atoms with van der Waals surface area (Å²) in [6.07, 6.45) is 1.10. The van der Waals surface area contributed by atoms with Gasteiger partial charge in [0.1, 0.15) is 11.6 Å². The second-order valence-corrected chi connectivity index (χ2v) is 5.74. The van der Waals surface area contributed by atoms with Gasteiger partial charge in [0, 0.05) is 19.5 Å². The molecule has 0 saturated carbocycles. The fraction of sp³-hybridized carbons (Fsp3) is 0.438. The fourth-order valence-corrected chi connectivity index (χ4v) is 2.80. The number of likely N-dealkylation sites (tertiary alicyclic amines) is 1. The highest BCUT2D eigenvalue weighted by Gasteiger charge is 2.30. The van der Waals surface area contributed by atoms with Crippen LogP contribution in [-0.4, -0.2) is 34.0 Å². The van der Waals surface area contributed by atoms with E-state index in [4.69, 9.17) is 4.52 Å². The van der Waals surface area contributed by atoms with Crippen molar-refractivity contribution in [2.45, 2.75) is 32.1 Å². The third-order valence-corrected chi connectivity index (χ3v) is 4.05. The lowest BCUT2D eigenvalue weighted by Gasteiger charge is -2.15. The number of rotatable bonds is 4. The van der Waals surface area contributed by atoms with Crippen LogP contribution in [-0.2, 0) is 11.2 Å². The van der Waals surface area contributed by atoms with Crippen LogP contribution in [0.2, 0.25) is 0 Å². The molecule has 1 amide bonds. The molecule has 0 bridgehead atoms. The summed E-state index contributed by atoms with van der Waals surface area (Å²) in [7, 11) is 0. The van der Waals surface area contributed by atoms with Gasteiger partial charge in [0.2, 0.25) is 11.8 Å². The molecular weight excluding hydrogens is 304 g/mol. The first kappa shape index (κ1) is 15.6. The van der Waals surface area contributed by atoms with Crippen LogP contribution < -0.4 is 0 Å². The summed E-state index contributed by atoms with van der Waals surface area (Å²) < 4.78 is 31.8. The molecule has 1 aromatic heterocycles. The number of hydrogen-bond donors (Lipinski definition) is 0. The lowest BCUT2D eigenvalue weighted by molar-refractivity contribution is -0.130. The Morgan fingerprint density at radius 2 is 2.26 bits per heavy atom. The van der Waals surface area contributed by atoms with Crippen molar-refractivity contribution in [1.29, 1.82) is 0 Å². The highest BCUT2D eigenvalue weighted by molar-refractivity contribution is 5.76. The molecule has 0 unspecified atom stereocenters. The summed E-state index contributed by atoms with van der Waals surface area (Å²) in [5.74, 6) is 0.112. The third-order valence-electron chi connectivity index (χ3n) is 4.05. The van der Waals surface area contributed by atoms with Crippen molar-refractivity contribution in [1.82, 2.24) is 15.0 Å². The Morgan fingerprint density at radius 1 is 1.43 bits per heavy atom. The van der Waals surface area contributed by atoms with Crippen LogP contribution in [0.4, 0.5) is 8.78 Å². The van der Waals surface area contributed by atoms with Gasteiger partial charge in [-0.2, -0.15) is 4.98 Å². The van der Waals surface area contributed by atoms with E-state index in [0.29, 0.717) is 24.8 Å². The van der Waals surface area contributed by atoms with E-state index in [0.717, 1.165) is 24.6 Å². The zero-order valence-corrected chi connectivity index (χ0v) is 12.8. The number of hydrogen-bond acceptors (Lipinski definition) is 4. The Balaban J connectivity index is 1.56. The monoisotopic (exact) mass is 321 g/mol. The van der Waals surface area contributed by atoms with Gasteiger partial charge in [0.05, 0.1) is 5.92 Å². The zero-order chi connectivity index (χ0) is 16.4. The highest BCUT2D eigenvalue weighted by atomic mass is 19.1. The Morgan fingerprint density at radius 3 is 3.00 bits per heavy atom. The van der Waals surface area contributed by atoms with Crippen molar-refractivity contribution >= 4 is 5.91 Å². The van der Waals surface area contributed by atoms with Crippen LogP contribution in [0, 0.1) is 18.6 Å². The SMILES string of the molecule is Cc1noc([C@@H]2CCN(C(=O)CCc3cc(F)ccc3F)C2)n1. The summed E-state index contributed by atoms with van der Waals surface area (Å²) >= 11 is 0. The summed E-state index contributed by atoms with van der Waals surface area (Å²) in [5.41, 5.74) is 0.224. The van der Waals surface area contributed by atoms with Gasteiger partial charge in [0.25, 0.3) is 0 Å². The highest BCUT2D eigenvalue weighted by Crippen LogP contribution is 2.26. The van der Waals surface area contributed by atoms with E-state index in [2.05, 4.69) is 10.1 Å². The van der Waals surface area contributed by atoms with E-state index >= 15 is 0 Å². The van der Waals surface area contributed by atoms with E-state index in [-0.39, 0.29) is 30.2 Å². The van der Waals surface area contributed by atoms with Gasteiger partial charge in [-0.3, -0.25) is 4.79 Å². The topological polar surface area (TPSA) is 59.2 Å². The minimum atomic E-state index is -0.498. The van der Waals surface area contributed by atoms with Crippen LogP contribution in [0.5, 0.6) is 0 Å². The number of carbonyl (C=O) groups is 1. The van der Waals surface area contributed by atoms with E-state index in [1.165, 1.54) is 0 Å². The maximum absolute atomic E-state index is 13.6. The van der Waals surface area contributed by atoms with E-state index in [1.807, 2.05) is 0 Å². The van der Waals surface area contributed by atoms with Crippen molar-refractivity contribution in [2.75, 3.05) is 13.1 Å². The van der Waals surface area contributed by atoms with Gasteiger partial charge >= 0.3 is 0 Å². The van der Waals surface area contributed by atoms with E-state index in [9.17, 15) is 13.6 Å². The molecule has 3 rings (SSSR count). The summed E-state index contributed by atoms with van der Waals surface area (Å²) in [6, 6.07) is 3.29. The van der Waals surface area contributed by atoms with Gasteiger partial charge in [-0.1, -0.05) is 5.16 Å². The predicted octanol–water partition coefficient (Wildman–Crippen LogP) is 2.60. The summed E-state index contributed by atoms with van der Waals surface area (Å²) in [5, 5.41) is 3.76. The molecule has 0 N–H and O–H groups in total. The molecule has 1 aliphatic rings. The maximum Gasteiger partial charge on any atom is 0.231 e. The lowest BCUT2D eigenvalue weighted by Crippen LogP contribution is -2.28. The van der Waals surface area contributed by atoms with Crippen molar-refractivity contribution < 1.29 is 18.1 Å². The first-order valence-corrected chi connectivity index (χ1v) is 7.55. The second-order valence-electron chi connectivity index (χ2n) is 5.74. The third kappa shape index (κ3) is 3.55. The second kappa shape index (κ2) is 6.44. The summed E-state index contributed by atoms with van der Waals surface area (Å²) in [6.45, 7) is 2.88. The van der Waals surface area contributed by atoms with Crippen LogP contribution in [0.3, 0.4) is 0 Å². The van der Waals surface area contributed by atoms with Crippen LogP contribution in [0.25, 0.3) is 0 Å². The summed E-state index contributed by atoms with van der Waals surface area (Å²) in [4.78, 5) is 18.1. The molecule has 5 nitrogen and oxygen atoms in total. The standard InChI is InChI=1S/C16H17F2N3O2/c1-10-19-16(23-20-10)12-6-7-21(9-12)15(22)5-2-11-8-13(17)3-4-14(11)18/h3-4,8,12H,2,5-7,9H2,1H3/t12-/m1/s1. The Labute approximate surface area is 132 Å². The average Bonchev–Trinajstić information content (AvgIpc) is 3.16. The molecule has 2 heterocycles. The van der Waals surface area contributed by atoms with Gasteiger partial charge in [-0.15, -0.1) is 0 Å². The van der Waals surface area contributed by atoms with Crippen LogP contribution >= 0.6 is 0 Å². The molecule has 0 spiro atoms. The van der Waals surface area contributed by atoms with Crippen LogP contribution in [0.1, 0.15) is 36.0 Å². The number of halogens is 2. The Bertz CT molecular complexity index is 717. The first-order valence-electron chi connectivity index (χ1n) is 7.55. The molecule has 122 valence electrons. The lowest BCUT2D eigenvalue weighted by atomic mass is 10.1. The number of aryl methyl sites for hydroxylation is 2. The number of amides is 1. The predicted molar refractivity (Wildman–Crippen MR) is 77.7 cm³/mol. The maximum atomic E-state index is 13.6. The number of nitrogens with zero attached hydrogens (tertiary/aromatic N) is 3. The van der Waals surface area contributed by atoms with E-state index < -0.39 is 11.6 Å². The van der Waals surface area contributed by atoms with Crippen molar-refractivity contribution in [3.8, 4) is 0 Å². The first-order chi connectivity index (χ1) is 11.0. The largest absolute Gasteiger partial charge is 0.342 e. The minimum Gasteiger partial charge on any atom is -0.342 e. The van der Waals surface area contributed by atoms with Crippen molar-refractivity contribution in [3.05, 3.63) is 47.1 Å².